The third-order valence-electron chi connectivity index (χ3n) is 10.0. The summed E-state index contributed by atoms with van der Waals surface area (Å²) in [5.41, 5.74) is 2.09. The quantitative estimate of drug-likeness (QED) is 0.605. The molecule has 0 radical (unpaired) electrons. The first-order valence-corrected chi connectivity index (χ1v) is 10.9. The molecular formula is C22H37N. The fraction of sp³-hybridized carbons (Fsp3) is 1.00. The molecule has 0 aromatic rings. The number of hydrogen-bond donors (Lipinski definition) is 0. The third kappa shape index (κ3) is 1.74. The van der Waals surface area contributed by atoms with E-state index in [2.05, 4.69) is 18.7 Å². The van der Waals surface area contributed by atoms with Crippen LogP contribution in [0.3, 0.4) is 0 Å². The van der Waals surface area contributed by atoms with Crippen molar-refractivity contribution >= 4 is 0 Å². The van der Waals surface area contributed by atoms with Gasteiger partial charge in [-0.05, 0) is 99.5 Å². The van der Waals surface area contributed by atoms with Crippen molar-refractivity contribution < 1.29 is 0 Å². The predicted octanol–water partition coefficient (Wildman–Crippen LogP) is 5.64. The van der Waals surface area contributed by atoms with Gasteiger partial charge in [0.1, 0.15) is 0 Å². The van der Waals surface area contributed by atoms with E-state index in [1.807, 2.05) is 0 Å². The van der Waals surface area contributed by atoms with E-state index in [1.54, 1.807) is 51.4 Å². The minimum atomic E-state index is 0.632. The van der Waals surface area contributed by atoms with Crippen LogP contribution in [-0.2, 0) is 0 Å². The first-order chi connectivity index (χ1) is 11.2. The molecule has 5 fully saturated rings. The van der Waals surface area contributed by atoms with Gasteiger partial charge in [-0.2, -0.15) is 0 Å². The molecule has 5 aliphatic rings. The zero-order valence-electron chi connectivity index (χ0n) is 15.6. The summed E-state index contributed by atoms with van der Waals surface area (Å²) in [5.74, 6) is 3.27. The lowest BCUT2D eigenvalue weighted by atomic mass is 9.42. The van der Waals surface area contributed by atoms with Crippen LogP contribution in [0.1, 0.15) is 90.9 Å². The molecule has 5 rings (SSSR count). The Hall–Kier alpha value is -0.0400. The maximum absolute atomic E-state index is 2.96. The summed E-state index contributed by atoms with van der Waals surface area (Å²) in [6.45, 7) is 7.82. The molecule has 130 valence electrons. The highest BCUT2D eigenvalue weighted by Gasteiger charge is 2.67. The zero-order valence-corrected chi connectivity index (χ0v) is 15.6. The smallest absolute Gasteiger partial charge is 0.0269 e. The molecular weight excluding hydrogens is 278 g/mol. The Labute approximate surface area is 143 Å². The molecule has 0 aromatic carbocycles. The van der Waals surface area contributed by atoms with Crippen molar-refractivity contribution in [1.82, 2.24) is 4.90 Å². The van der Waals surface area contributed by atoms with E-state index in [-0.39, 0.29) is 0 Å². The summed E-state index contributed by atoms with van der Waals surface area (Å²) in [6.07, 6.45) is 18.6. The lowest BCUT2D eigenvalue weighted by molar-refractivity contribution is -0.144. The Morgan fingerprint density at radius 2 is 1.70 bits per heavy atom. The second kappa shape index (κ2) is 4.99. The molecule has 4 aliphatic carbocycles. The topological polar surface area (TPSA) is 3.24 Å². The lowest BCUT2D eigenvalue weighted by Gasteiger charge is -2.65. The van der Waals surface area contributed by atoms with Gasteiger partial charge in [-0.1, -0.05) is 33.1 Å². The fourth-order valence-corrected chi connectivity index (χ4v) is 9.20. The van der Waals surface area contributed by atoms with E-state index in [0.29, 0.717) is 5.54 Å². The molecule has 1 saturated heterocycles. The van der Waals surface area contributed by atoms with Crippen molar-refractivity contribution in [2.24, 2.45) is 28.6 Å². The van der Waals surface area contributed by atoms with Gasteiger partial charge in [0, 0.05) is 5.54 Å². The van der Waals surface area contributed by atoms with E-state index < -0.39 is 0 Å². The van der Waals surface area contributed by atoms with Crippen molar-refractivity contribution in [1.29, 1.82) is 0 Å². The van der Waals surface area contributed by atoms with Gasteiger partial charge in [0.25, 0.3) is 0 Å². The first kappa shape index (κ1) is 15.2. The summed E-state index contributed by atoms with van der Waals surface area (Å²) in [4.78, 5) is 2.96. The molecule has 4 saturated carbocycles. The second-order valence-electron chi connectivity index (χ2n) is 10.2. The Morgan fingerprint density at radius 3 is 2.57 bits per heavy atom. The lowest BCUT2D eigenvalue weighted by Crippen LogP contribution is -2.64. The predicted molar refractivity (Wildman–Crippen MR) is 96.4 cm³/mol. The van der Waals surface area contributed by atoms with Gasteiger partial charge in [-0.15, -0.1) is 0 Å². The number of likely N-dealkylation sites (tertiary alicyclic amines) is 1. The van der Waals surface area contributed by atoms with E-state index in [4.69, 9.17) is 0 Å². The highest BCUT2D eigenvalue weighted by molar-refractivity contribution is 5.20. The minimum absolute atomic E-state index is 0.632. The number of hydrogen-bond acceptors (Lipinski definition) is 1. The maximum Gasteiger partial charge on any atom is 0.0269 e. The first-order valence-electron chi connectivity index (χ1n) is 10.9. The number of nitrogens with zero attached hydrogens (tertiary/aromatic N) is 1. The molecule has 2 unspecified atom stereocenters. The summed E-state index contributed by atoms with van der Waals surface area (Å²) in [5, 5.41) is 0. The molecule has 0 amide bonds. The second-order valence-corrected chi connectivity index (χ2v) is 10.2. The molecule has 1 heteroatoms. The van der Waals surface area contributed by atoms with Gasteiger partial charge in [-0.3, -0.25) is 4.90 Å². The standard InChI is InChI=1S/C22H37N/c1-3-23-16-15-21-11-4-5-12-22(21,23)14-8-17-18-7-6-10-20(18,2)13-9-19(17)21/h17-19H,3-16H2,1-2H3/t17-,18-,19-,20-,21?,22?/m0/s1. The molecule has 1 nitrogen and oxygen atoms in total. The molecule has 1 heterocycles. The maximum atomic E-state index is 2.96. The van der Waals surface area contributed by atoms with Crippen LogP contribution in [-0.4, -0.2) is 23.5 Å². The van der Waals surface area contributed by atoms with Crippen molar-refractivity contribution in [3.8, 4) is 0 Å². The van der Waals surface area contributed by atoms with Crippen LogP contribution in [0.4, 0.5) is 0 Å². The highest BCUT2D eigenvalue weighted by Crippen LogP contribution is 2.71. The molecule has 0 spiro atoms. The molecule has 23 heavy (non-hydrogen) atoms. The van der Waals surface area contributed by atoms with Crippen LogP contribution in [0.5, 0.6) is 0 Å². The van der Waals surface area contributed by atoms with E-state index >= 15 is 0 Å². The third-order valence-corrected chi connectivity index (χ3v) is 10.0. The average Bonchev–Trinajstić information content (AvgIpc) is 3.12. The minimum Gasteiger partial charge on any atom is -0.297 e. The van der Waals surface area contributed by atoms with Crippen molar-refractivity contribution in [3.05, 3.63) is 0 Å². The van der Waals surface area contributed by atoms with Crippen LogP contribution in [0.25, 0.3) is 0 Å². The zero-order chi connectivity index (χ0) is 15.7. The molecule has 0 N–H and O–H groups in total. The Bertz CT molecular complexity index is 486. The van der Waals surface area contributed by atoms with Gasteiger partial charge in [0.05, 0.1) is 0 Å². The molecule has 0 aromatic heterocycles. The van der Waals surface area contributed by atoms with Gasteiger partial charge >= 0.3 is 0 Å². The van der Waals surface area contributed by atoms with E-state index in [1.165, 1.54) is 38.8 Å². The molecule has 1 aliphatic heterocycles. The Morgan fingerprint density at radius 1 is 0.826 bits per heavy atom. The summed E-state index contributed by atoms with van der Waals surface area (Å²) in [7, 11) is 0. The Balaban J connectivity index is 1.55. The molecule has 0 bridgehead atoms. The van der Waals surface area contributed by atoms with Crippen LogP contribution in [0.2, 0.25) is 0 Å². The van der Waals surface area contributed by atoms with Gasteiger partial charge in [0.15, 0.2) is 0 Å². The summed E-state index contributed by atoms with van der Waals surface area (Å²) < 4.78 is 0. The van der Waals surface area contributed by atoms with E-state index in [0.717, 1.165) is 28.6 Å². The average molecular weight is 316 g/mol. The van der Waals surface area contributed by atoms with Gasteiger partial charge < -0.3 is 0 Å². The normalized spacial score (nSPS) is 55.8. The number of fused-ring (bicyclic) bond motifs is 3. The fourth-order valence-electron chi connectivity index (χ4n) is 9.20. The van der Waals surface area contributed by atoms with Crippen molar-refractivity contribution in [3.63, 3.8) is 0 Å². The molecule has 6 atom stereocenters. The van der Waals surface area contributed by atoms with E-state index in [9.17, 15) is 0 Å². The SMILES string of the molecule is CCN1CCC23CCCCC12CC[C@@H]1[C@@H]3CC[C@]2(C)CCC[C@@H]12. The monoisotopic (exact) mass is 315 g/mol. The van der Waals surface area contributed by atoms with Crippen LogP contribution < -0.4 is 0 Å². The van der Waals surface area contributed by atoms with Gasteiger partial charge in [0.2, 0.25) is 0 Å². The van der Waals surface area contributed by atoms with Crippen LogP contribution in [0.15, 0.2) is 0 Å². The van der Waals surface area contributed by atoms with Crippen molar-refractivity contribution in [2.45, 2.75) is 96.4 Å². The largest absolute Gasteiger partial charge is 0.297 e. The summed E-state index contributed by atoms with van der Waals surface area (Å²) in [6, 6.07) is 0. The van der Waals surface area contributed by atoms with Gasteiger partial charge in [-0.25, -0.2) is 0 Å². The van der Waals surface area contributed by atoms with Crippen LogP contribution in [0, 0.1) is 28.6 Å². The Kier molecular flexibility index (Phi) is 3.31. The summed E-state index contributed by atoms with van der Waals surface area (Å²) >= 11 is 0. The van der Waals surface area contributed by atoms with Crippen molar-refractivity contribution in [2.75, 3.05) is 13.1 Å². The number of rotatable bonds is 1. The highest BCUT2D eigenvalue weighted by atomic mass is 15.2. The van der Waals surface area contributed by atoms with Crippen LogP contribution >= 0.6 is 0 Å².